The number of aliphatic imine (C=N–C) groups is 1. The monoisotopic (exact) mass is 511 g/mol. The van der Waals surface area contributed by atoms with E-state index in [1.807, 2.05) is 27.0 Å². The normalized spacial score (nSPS) is 18.1. The van der Waals surface area contributed by atoms with Gasteiger partial charge in [0.15, 0.2) is 5.82 Å². The van der Waals surface area contributed by atoms with Crippen molar-refractivity contribution in [3.63, 3.8) is 0 Å². The number of nitrogens with one attached hydrogen (secondary N) is 2. The van der Waals surface area contributed by atoms with Gasteiger partial charge in [0.1, 0.15) is 17.9 Å². The zero-order valence-electron chi connectivity index (χ0n) is 22.7. The maximum Gasteiger partial charge on any atom is 0.246 e. The van der Waals surface area contributed by atoms with Gasteiger partial charge in [0.2, 0.25) is 11.8 Å². The van der Waals surface area contributed by atoms with Crippen LogP contribution in [0.3, 0.4) is 0 Å². The van der Waals surface area contributed by atoms with Crippen LogP contribution in [0.1, 0.15) is 70.6 Å². The van der Waals surface area contributed by atoms with Crippen molar-refractivity contribution in [1.29, 1.82) is 0 Å². The van der Waals surface area contributed by atoms with Crippen molar-refractivity contribution < 1.29 is 18.7 Å². The molecule has 1 aromatic carbocycles. The molecule has 1 aliphatic rings. The Balaban J connectivity index is 1.85. The fourth-order valence-electron chi connectivity index (χ4n) is 5.08. The van der Waals surface area contributed by atoms with E-state index in [1.54, 1.807) is 10.8 Å². The topological polar surface area (TPSA) is 97.6 Å². The SMILES string of the molecule is C=N/C(=C\C(=C(C)C)c1cc(F)c2nn(C)c(C(C)C)c2c1)NC(=O)[C@H]1CCC[C@@H](NC(=O)COC)C1. The van der Waals surface area contributed by atoms with E-state index in [4.69, 9.17) is 4.74 Å². The van der Waals surface area contributed by atoms with E-state index in [0.717, 1.165) is 41.5 Å². The highest BCUT2D eigenvalue weighted by Gasteiger charge is 2.28. The lowest BCUT2D eigenvalue weighted by atomic mass is 9.85. The van der Waals surface area contributed by atoms with Crippen molar-refractivity contribution in [3.8, 4) is 0 Å². The number of methoxy groups -OCH3 is 1. The number of carbonyl (C=O) groups excluding carboxylic acids is 2. The molecular weight excluding hydrogens is 473 g/mol. The zero-order chi connectivity index (χ0) is 27.3. The van der Waals surface area contributed by atoms with Crippen LogP contribution in [0.25, 0.3) is 16.5 Å². The van der Waals surface area contributed by atoms with Gasteiger partial charge in [-0.3, -0.25) is 14.3 Å². The summed E-state index contributed by atoms with van der Waals surface area (Å²) < 4.78 is 21.7. The van der Waals surface area contributed by atoms with Crippen LogP contribution in [0.2, 0.25) is 0 Å². The van der Waals surface area contributed by atoms with Crippen LogP contribution in [0.5, 0.6) is 0 Å². The Morgan fingerprint density at radius 3 is 2.68 bits per heavy atom. The van der Waals surface area contributed by atoms with E-state index in [0.29, 0.717) is 23.3 Å². The van der Waals surface area contributed by atoms with Gasteiger partial charge in [-0.15, -0.1) is 0 Å². The number of amides is 2. The Bertz CT molecular complexity index is 1240. The largest absolute Gasteiger partial charge is 0.375 e. The van der Waals surface area contributed by atoms with Gasteiger partial charge in [-0.25, -0.2) is 9.38 Å². The zero-order valence-corrected chi connectivity index (χ0v) is 22.7. The number of halogens is 1. The summed E-state index contributed by atoms with van der Waals surface area (Å²) >= 11 is 0. The highest BCUT2D eigenvalue weighted by atomic mass is 19.1. The molecule has 2 N–H and O–H groups in total. The van der Waals surface area contributed by atoms with Gasteiger partial charge in [0.25, 0.3) is 0 Å². The number of benzene rings is 1. The molecule has 0 spiro atoms. The molecule has 0 aliphatic heterocycles. The van der Waals surface area contributed by atoms with E-state index >= 15 is 4.39 Å². The minimum atomic E-state index is -0.400. The molecule has 2 atom stereocenters. The standard InChI is InChI=1S/C28H38FN5O3/c1-16(2)21(19-12-22-26(23(29)13-19)33-34(6)27(22)17(3)4)14-24(30-5)32-28(36)18-9-8-10-20(11-18)31-25(35)15-37-7/h12-14,17-18,20H,5,8-11,15H2,1-4,6-7H3,(H,31,35)(H,32,36)/b24-14+/t18-,20+/m0/s1. The molecule has 9 heteroatoms. The fourth-order valence-corrected chi connectivity index (χ4v) is 5.08. The lowest BCUT2D eigenvalue weighted by molar-refractivity contribution is -0.128. The van der Waals surface area contributed by atoms with Crippen LogP contribution in [-0.4, -0.2) is 48.1 Å². The number of fused-ring (bicyclic) bond motifs is 1. The fraction of sp³-hybridized carbons (Fsp3) is 0.500. The van der Waals surface area contributed by atoms with E-state index < -0.39 is 5.82 Å². The number of hydrogen-bond donors (Lipinski definition) is 2. The lowest BCUT2D eigenvalue weighted by Gasteiger charge is -2.29. The van der Waals surface area contributed by atoms with Gasteiger partial charge in [0, 0.05) is 37.2 Å². The van der Waals surface area contributed by atoms with Crippen LogP contribution >= 0.6 is 0 Å². The van der Waals surface area contributed by atoms with Gasteiger partial charge in [-0.2, -0.15) is 5.10 Å². The van der Waals surface area contributed by atoms with Gasteiger partial charge in [-0.1, -0.05) is 25.8 Å². The Hall–Kier alpha value is -3.33. The van der Waals surface area contributed by atoms with Gasteiger partial charge < -0.3 is 15.4 Å². The summed E-state index contributed by atoms with van der Waals surface area (Å²) in [5.41, 5.74) is 3.64. The average Bonchev–Trinajstić information content (AvgIpc) is 3.18. The molecule has 0 radical (unpaired) electrons. The lowest BCUT2D eigenvalue weighted by Crippen LogP contribution is -2.43. The number of nitrogens with zero attached hydrogens (tertiary/aromatic N) is 3. The van der Waals surface area contributed by atoms with Crippen molar-refractivity contribution in [1.82, 2.24) is 20.4 Å². The van der Waals surface area contributed by atoms with Crippen LogP contribution in [0.4, 0.5) is 4.39 Å². The van der Waals surface area contributed by atoms with Crippen molar-refractivity contribution >= 4 is 35.0 Å². The van der Waals surface area contributed by atoms with Gasteiger partial charge in [0.05, 0.1) is 0 Å². The number of carbonyl (C=O) groups is 2. The molecule has 37 heavy (non-hydrogen) atoms. The van der Waals surface area contributed by atoms with Crippen molar-refractivity contribution in [2.75, 3.05) is 13.7 Å². The van der Waals surface area contributed by atoms with Crippen molar-refractivity contribution in [2.24, 2.45) is 18.0 Å². The van der Waals surface area contributed by atoms with Crippen LogP contribution < -0.4 is 10.6 Å². The van der Waals surface area contributed by atoms with Crippen molar-refractivity contribution in [3.05, 3.63) is 46.7 Å². The number of rotatable bonds is 9. The summed E-state index contributed by atoms with van der Waals surface area (Å²) in [4.78, 5) is 29.0. The molecule has 3 rings (SSSR count). The second-order valence-corrected chi connectivity index (χ2v) is 10.2. The summed E-state index contributed by atoms with van der Waals surface area (Å²) in [7, 11) is 3.30. The molecule has 2 aromatic rings. The first-order valence-electron chi connectivity index (χ1n) is 12.7. The third kappa shape index (κ3) is 6.71. The number of aryl methyl sites for hydroxylation is 1. The molecule has 1 heterocycles. The van der Waals surface area contributed by atoms with Crippen LogP contribution in [0.15, 0.2) is 34.6 Å². The average molecular weight is 512 g/mol. The second kappa shape index (κ2) is 12.3. The number of aromatic nitrogens is 2. The molecule has 1 aromatic heterocycles. The third-order valence-corrected chi connectivity index (χ3v) is 6.72. The smallest absolute Gasteiger partial charge is 0.246 e. The predicted molar refractivity (Wildman–Crippen MR) is 145 cm³/mol. The number of ether oxygens (including phenoxy) is 1. The highest BCUT2D eigenvalue weighted by molar-refractivity contribution is 5.89. The van der Waals surface area contributed by atoms with E-state index in [-0.39, 0.29) is 36.3 Å². The van der Waals surface area contributed by atoms with E-state index in [2.05, 4.69) is 41.3 Å². The van der Waals surface area contributed by atoms with Gasteiger partial charge in [-0.05, 0) is 75.1 Å². The molecule has 200 valence electrons. The maximum atomic E-state index is 15.1. The third-order valence-electron chi connectivity index (χ3n) is 6.72. The summed E-state index contributed by atoms with van der Waals surface area (Å²) in [6.45, 7) is 11.6. The molecular formula is C28H38FN5O3. The minimum Gasteiger partial charge on any atom is -0.375 e. The quantitative estimate of drug-likeness (QED) is 0.380. The van der Waals surface area contributed by atoms with E-state index in [9.17, 15) is 9.59 Å². The summed E-state index contributed by atoms with van der Waals surface area (Å²) in [6.07, 6.45) is 4.65. The second-order valence-electron chi connectivity index (χ2n) is 10.2. The molecule has 1 fully saturated rings. The molecule has 0 bridgehead atoms. The minimum absolute atomic E-state index is 0.00377. The number of hydrogen-bond acceptors (Lipinski definition) is 5. The first-order chi connectivity index (χ1) is 17.5. The number of allylic oxidation sites excluding steroid dienone is 3. The maximum absolute atomic E-state index is 15.1. The molecule has 2 amide bonds. The molecule has 0 unspecified atom stereocenters. The first-order valence-corrected chi connectivity index (χ1v) is 12.7. The Morgan fingerprint density at radius 1 is 1.32 bits per heavy atom. The van der Waals surface area contributed by atoms with Crippen LogP contribution in [-0.2, 0) is 21.4 Å². The van der Waals surface area contributed by atoms with Crippen LogP contribution in [0, 0.1) is 11.7 Å². The Labute approximate surface area is 218 Å². The molecule has 1 aliphatic carbocycles. The summed E-state index contributed by atoms with van der Waals surface area (Å²) in [6, 6.07) is 3.33. The summed E-state index contributed by atoms with van der Waals surface area (Å²) in [5, 5.41) is 11.0. The molecule has 0 saturated heterocycles. The summed E-state index contributed by atoms with van der Waals surface area (Å²) in [5.74, 6) is -0.564. The Kier molecular flexibility index (Phi) is 9.37. The predicted octanol–water partition coefficient (Wildman–Crippen LogP) is 4.61. The van der Waals surface area contributed by atoms with Gasteiger partial charge >= 0.3 is 0 Å². The molecule has 8 nitrogen and oxygen atoms in total. The first kappa shape index (κ1) is 28.2. The molecule has 1 saturated carbocycles. The van der Waals surface area contributed by atoms with Crippen molar-refractivity contribution in [2.45, 2.75) is 65.3 Å². The Morgan fingerprint density at radius 2 is 2.05 bits per heavy atom. The van der Waals surface area contributed by atoms with E-state index in [1.165, 1.54) is 13.2 Å². The highest BCUT2D eigenvalue weighted by Crippen LogP contribution is 2.32.